The first-order valence-electron chi connectivity index (χ1n) is 6.39. The molecule has 0 saturated heterocycles. The zero-order chi connectivity index (χ0) is 15.5. The molecular weight excluding hydrogens is 313 g/mol. The molecule has 0 aromatic heterocycles. The molecule has 1 aliphatic heterocycles. The number of halogens is 2. The summed E-state index contributed by atoms with van der Waals surface area (Å²) in [6.45, 7) is -0.0846. The molecule has 1 heterocycles. The zero-order valence-corrected chi connectivity index (χ0v) is 12.0. The number of ether oxygens (including phenoxy) is 3. The number of nitrogens with one attached hydrogen (secondary N) is 1. The van der Waals surface area contributed by atoms with E-state index in [1.165, 1.54) is 12.1 Å². The molecule has 5 nitrogen and oxygen atoms in total. The van der Waals surface area contributed by atoms with Gasteiger partial charge in [0.25, 0.3) is 5.91 Å². The van der Waals surface area contributed by atoms with E-state index in [0.29, 0.717) is 17.2 Å². The number of anilines is 1. The van der Waals surface area contributed by atoms with Crippen LogP contribution in [0.5, 0.6) is 17.2 Å². The van der Waals surface area contributed by atoms with E-state index in [-0.39, 0.29) is 30.1 Å². The molecule has 0 unspecified atom stereocenters. The van der Waals surface area contributed by atoms with Crippen molar-refractivity contribution in [3.63, 3.8) is 0 Å². The highest BCUT2D eigenvalue weighted by Crippen LogP contribution is 2.34. The quantitative estimate of drug-likeness (QED) is 0.938. The van der Waals surface area contributed by atoms with E-state index < -0.39 is 5.82 Å². The van der Waals surface area contributed by atoms with Crippen LogP contribution in [-0.2, 0) is 4.79 Å². The zero-order valence-electron chi connectivity index (χ0n) is 11.3. The number of hydrogen-bond donors (Lipinski definition) is 1. The van der Waals surface area contributed by atoms with Crippen molar-refractivity contribution >= 4 is 23.2 Å². The minimum atomic E-state index is -0.470. The molecule has 0 radical (unpaired) electrons. The first kappa shape index (κ1) is 14.5. The summed E-state index contributed by atoms with van der Waals surface area (Å²) in [5.74, 6) is 0.595. The summed E-state index contributed by atoms with van der Waals surface area (Å²) < 4.78 is 28.6. The maximum absolute atomic E-state index is 12.9. The Morgan fingerprint density at radius 1 is 1.23 bits per heavy atom. The average molecular weight is 324 g/mol. The molecule has 0 atom stereocenters. The second-order valence-corrected chi connectivity index (χ2v) is 4.89. The van der Waals surface area contributed by atoms with Gasteiger partial charge in [-0.25, -0.2) is 4.39 Å². The maximum Gasteiger partial charge on any atom is 0.262 e. The number of carbonyl (C=O) groups excluding carboxylic acids is 1. The number of amides is 1. The number of benzene rings is 2. The SMILES string of the molecule is O=C(COc1ccc(F)cc1Cl)Nc1ccc2c(c1)OCO2. The number of carbonyl (C=O) groups is 1. The van der Waals surface area contributed by atoms with Crippen molar-refractivity contribution in [3.05, 3.63) is 47.2 Å². The summed E-state index contributed by atoms with van der Waals surface area (Å²) in [7, 11) is 0. The maximum atomic E-state index is 12.9. The highest BCUT2D eigenvalue weighted by atomic mass is 35.5. The largest absolute Gasteiger partial charge is 0.482 e. The Morgan fingerprint density at radius 3 is 2.86 bits per heavy atom. The van der Waals surface area contributed by atoms with Gasteiger partial charge in [-0.1, -0.05) is 11.6 Å². The fourth-order valence-corrected chi connectivity index (χ4v) is 2.13. The van der Waals surface area contributed by atoms with Crippen LogP contribution in [0.25, 0.3) is 0 Å². The Hall–Kier alpha value is -2.47. The minimum Gasteiger partial charge on any atom is -0.482 e. The van der Waals surface area contributed by atoms with Crippen LogP contribution < -0.4 is 19.5 Å². The first-order chi connectivity index (χ1) is 10.6. The predicted octanol–water partition coefficient (Wildman–Crippen LogP) is 3.23. The third-order valence-electron chi connectivity index (χ3n) is 2.91. The summed E-state index contributed by atoms with van der Waals surface area (Å²) in [6, 6.07) is 8.74. The van der Waals surface area contributed by atoms with Crippen LogP contribution in [-0.4, -0.2) is 19.3 Å². The molecule has 1 amide bonds. The Balaban J connectivity index is 1.58. The van der Waals surface area contributed by atoms with E-state index in [2.05, 4.69) is 5.32 Å². The summed E-state index contributed by atoms with van der Waals surface area (Å²) in [5.41, 5.74) is 0.558. The Bertz CT molecular complexity index is 723. The van der Waals surface area contributed by atoms with Crippen molar-refractivity contribution in [1.82, 2.24) is 0 Å². The lowest BCUT2D eigenvalue weighted by Crippen LogP contribution is -2.20. The topological polar surface area (TPSA) is 56.8 Å². The molecular formula is C15H11ClFNO4. The Morgan fingerprint density at radius 2 is 2.05 bits per heavy atom. The second kappa shape index (κ2) is 6.11. The third-order valence-corrected chi connectivity index (χ3v) is 3.20. The molecule has 0 saturated carbocycles. The van der Waals surface area contributed by atoms with Gasteiger partial charge in [0, 0.05) is 11.8 Å². The molecule has 3 rings (SSSR count). The highest BCUT2D eigenvalue weighted by molar-refractivity contribution is 6.32. The van der Waals surface area contributed by atoms with Gasteiger partial charge in [-0.05, 0) is 30.3 Å². The smallest absolute Gasteiger partial charge is 0.262 e. The van der Waals surface area contributed by atoms with E-state index in [9.17, 15) is 9.18 Å². The lowest BCUT2D eigenvalue weighted by Gasteiger charge is -2.09. The van der Waals surface area contributed by atoms with Crippen LogP contribution in [0.4, 0.5) is 10.1 Å². The van der Waals surface area contributed by atoms with E-state index in [0.717, 1.165) is 6.07 Å². The van der Waals surface area contributed by atoms with Gasteiger partial charge in [-0.15, -0.1) is 0 Å². The van der Waals surface area contributed by atoms with Gasteiger partial charge in [-0.3, -0.25) is 4.79 Å². The monoisotopic (exact) mass is 323 g/mol. The van der Waals surface area contributed by atoms with Crippen LogP contribution >= 0.6 is 11.6 Å². The van der Waals surface area contributed by atoms with Crippen LogP contribution in [0.15, 0.2) is 36.4 Å². The molecule has 1 aliphatic rings. The van der Waals surface area contributed by atoms with Crippen molar-refractivity contribution < 1.29 is 23.4 Å². The fourth-order valence-electron chi connectivity index (χ4n) is 1.91. The third kappa shape index (κ3) is 3.23. The lowest BCUT2D eigenvalue weighted by molar-refractivity contribution is -0.118. The highest BCUT2D eigenvalue weighted by Gasteiger charge is 2.14. The van der Waals surface area contributed by atoms with E-state index >= 15 is 0 Å². The normalized spacial score (nSPS) is 12.1. The van der Waals surface area contributed by atoms with Gasteiger partial charge in [0.05, 0.1) is 5.02 Å². The van der Waals surface area contributed by atoms with Crippen molar-refractivity contribution in [2.75, 3.05) is 18.7 Å². The van der Waals surface area contributed by atoms with Crippen molar-refractivity contribution in [2.24, 2.45) is 0 Å². The molecule has 0 bridgehead atoms. The Kier molecular flexibility index (Phi) is 4.02. The van der Waals surface area contributed by atoms with Crippen molar-refractivity contribution in [2.45, 2.75) is 0 Å². The molecule has 7 heteroatoms. The van der Waals surface area contributed by atoms with E-state index in [4.69, 9.17) is 25.8 Å². The number of rotatable bonds is 4. The molecule has 0 fully saturated rings. The van der Waals surface area contributed by atoms with Gasteiger partial charge >= 0.3 is 0 Å². The van der Waals surface area contributed by atoms with Crippen molar-refractivity contribution in [3.8, 4) is 17.2 Å². The number of fused-ring (bicyclic) bond motifs is 1. The summed E-state index contributed by atoms with van der Waals surface area (Å²) in [5, 5.41) is 2.76. The van der Waals surface area contributed by atoms with Crippen LogP contribution in [0.1, 0.15) is 0 Å². The molecule has 2 aromatic carbocycles. The minimum absolute atomic E-state index is 0.107. The van der Waals surface area contributed by atoms with Gasteiger partial charge in [0.15, 0.2) is 18.1 Å². The molecule has 1 N–H and O–H groups in total. The summed E-state index contributed by atoms with van der Waals surface area (Å²) in [6.07, 6.45) is 0. The standard InChI is InChI=1S/C15H11ClFNO4/c16-11-5-9(17)1-3-12(11)20-7-15(19)18-10-2-4-13-14(6-10)22-8-21-13/h1-6H,7-8H2,(H,18,19). The number of hydrogen-bond acceptors (Lipinski definition) is 4. The van der Waals surface area contributed by atoms with Gasteiger partial charge in [-0.2, -0.15) is 0 Å². The van der Waals surface area contributed by atoms with Gasteiger partial charge < -0.3 is 19.5 Å². The lowest BCUT2D eigenvalue weighted by atomic mass is 10.3. The van der Waals surface area contributed by atoms with Gasteiger partial charge in [0.1, 0.15) is 11.6 Å². The van der Waals surface area contributed by atoms with Crippen molar-refractivity contribution in [1.29, 1.82) is 0 Å². The molecule has 2 aromatic rings. The Labute approximate surface area is 130 Å². The average Bonchev–Trinajstić information content (AvgIpc) is 2.94. The molecule has 0 spiro atoms. The predicted molar refractivity (Wildman–Crippen MR) is 78.1 cm³/mol. The summed E-state index contributed by atoms with van der Waals surface area (Å²) >= 11 is 5.81. The molecule has 0 aliphatic carbocycles. The van der Waals surface area contributed by atoms with Gasteiger partial charge in [0.2, 0.25) is 6.79 Å². The van der Waals surface area contributed by atoms with E-state index in [1.54, 1.807) is 18.2 Å². The summed E-state index contributed by atoms with van der Waals surface area (Å²) in [4.78, 5) is 11.8. The van der Waals surface area contributed by atoms with Crippen LogP contribution in [0, 0.1) is 5.82 Å². The second-order valence-electron chi connectivity index (χ2n) is 4.48. The molecule has 22 heavy (non-hydrogen) atoms. The van der Waals surface area contributed by atoms with Crippen LogP contribution in [0.2, 0.25) is 5.02 Å². The first-order valence-corrected chi connectivity index (χ1v) is 6.77. The molecule has 114 valence electrons. The van der Waals surface area contributed by atoms with E-state index in [1.807, 2.05) is 0 Å². The van der Waals surface area contributed by atoms with Crippen LogP contribution in [0.3, 0.4) is 0 Å². The fraction of sp³-hybridized carbons (Fsp3) is 0.133.